The Hall–Kier alpha value is -4.77. The fourth-order valence-electron chi connectivity index (χ4n) is 5.38. The van der Waals surface area contributed by atoms with Crippen molar-refractivity contribution in [1.29, 1.82) is 0 Å². The van der Waals surface area contributed by atoms with Crippen LogP contribution in [0.1, 0.15) is 79.8 Å². The molecule has 2 amide bonds. The normalized spacial score (nSPS) is 17.8. The molecule has 0 bridgehead atoms. The number of nitrogen functional groups attached to an aromatic ring is 1. The lowest BCUT2D eigenvalue weighted by atomic mass is 10.1. The maximum Gasteiger partial charge on any atom is 0.256 e. The summed E-state index contributed by atoms with van der Waals surface area (Å²) in [4.78, 5) is 42.7. The number of amidine groups is 1. The number of nitrogens with zero attached hydrogens (tertiary/aromatic N) is 5. The molecule has 1 atom stereocenters. The van der Waals surface area contributed by atoms with Gasteiger partial charge >= 0.3 is 0 Å². The summed E-state index contributed by atoms with van der Waals surface area (Å²) in [6.45, 7) is 6.10. The van der Waals surface area contributed by atoms with Gasteiger partial charge in [0.1, 0.15) is 34.5 Å². The standard InChI is InChI=1S/C33H38N8O3.C3H8/c1-40(25-8-9-25)17-2-3-29(42)41-18-14-24(20-41)38-32(35)30-27(13-16-37-31(30)34)44-26-10-6-22(7-11-26)33(43)39-28-19-23(12-15-36-28)21-4-5-21;1-3-2/h2-3,6-7,10-13,15-16,19,21,24-25H,4-5,8-9,14,17-18,20H2,1H3,(H2,34,37)(H2,35,38)(H,36,39,43);3H2,1-2H3/b3-2+;. The molecule has 2 aromatic heterocycles. The van der Waals surface area contributed by atoms with Crippen molar-refractivity contribution >= 4 is 29.3 Å². The van der Waals surface area contributed by atoms with Gasteiger partial charge in [-0.25, -0.2) is 9.97 Å². The average Bonchev–Trinajstić information content (AvgIpc) is 4.00. The monoisotopic (exact) mass is 638 g/mol. The van der Waals surface area contributed by atoms with Crippen molar-refractivity contribution in [2.45, 2.75) is 70.4 Å². The third-order valence-corrected chi connectivity index (χ3v) is 8.24. The van der Waals surface area contributed by atoms with Gasteiger partial charge in [-0.05, 0) is 87.0 Å². The van der Waals surface area contributed by atoms with Crippen molar-refractivity contribution in [3.8, 4) is 11.5 Å². The molecule has 0 spiro atoms. The summed E-state index contributed by atoms with van der Waals surface area (Å²) >= 11 is 0. The third-order valence-electron chi connectivity index (χ3n) is 8.24. The van der Waals surface area contributed by atoms with Gasteiger partial charge in [0.2, 0.25) is 5.91 Å². The molecule has 3 aromatic rings. The Morgan fingerprint density at radius 1 is 1.06 bits per heavy atom. The number of ether oxygens (including phenoxy) is 1. The minimum Gasteiger partial charge on any atom is -0.456 e. The summed E-state index contributed by atoms with van der Waals surface area (Å²) < 4.78 is 6.12. The molecule has 3 fully saturated rings. The van der Waals surface area contributed by atoms with E-state index in [2.05, 4.69) is 46.1 Å². The summed E-state index contributed by atoms with van der Waals surface area (Å²) in [6.07, 6.45) is 13.6. The number of rotatable bonds is 11. The quantitative estimate of drug-likeness (QED) is 0.144. The number of carbonyl (C=O) groups excluding carboxylic acids is 2. The van der Waals surface area contributed by atoms with Gasteiger partial charge in [0.25, 0.3) is 5.91 Å². The minimum atomic E-state index is -0.257. The first-order valence-corrected chi connectivity index (χ1v) is 16.5. The van der Waals surface area contributed by atoms with Crippen molar-refractivity contribution < 1.29 is 14.3 Å². The van der Waals surface area contributed by atoms with Crippen LogP contribution in [-0.2, 0) is 4.79 Å². The highest BCUT2D eigenvalue weighted by atomic mass is 16.5. The first-order valence-electron chi connectivity index (χ1n) is 16.5. The zero-order valence-electron chi connectivity index (χ0n) is 27.6. The number of aliphatic imine (C=N–C) groups is 1. The Morgan fingerprint density at radius 3 is 2.49 bits per heavy atom. The lowest BCUT2D eigenvalue weighted by Crippen LogP contribution is -2.29. The number of aromatic nitrogens is 2. The highest BCUT2D eigenvalue weighted by Crippen LogP contribution is 2.40. The molecule has 1 unspecified atom stereocenters. The number of carbonyl (C=O) groups is 2. The largest absolute Gasteiger partial charge is 0.456 e. The Labute approximate surface area is 277 Å². The summed E-state index contributed by atoms with van der Waals surface area (Å²) in [6, 6.07) is 12.9. The van der Waals surface area contributed by atoms with Gasteiger partial charge in [-0.15, -0.1) is 0 Å². The number of likely N-dealkylation sites (N-methyl/N-ethyl adjacent to an activating group) is 1. The highest BCUT2D eigenvalue weighted by Gasteiger charge is 2.27. The maximum absolute atomic E-state index is 12.8. The van der Waals surface area contributed by atoms with Crippen LogP contribution in [0, 0.1) is 0 Å². The first kappa shape index (κ1) is 33.6. The molecule has 3 heterocycles. The van der Waals surface area contributed by atoms with Crippen LogP contribution < -0.4 is 21.5 Å². The molecule has 0 radical (unpaired) electrons. The number of nitrogens with one attached hydrogen (secondary N) is 1. The van der Waals surface area contributed by atoms with E-state index in [0.717, 1.165) is 6.54 Å². The predicted molar refractivity (Wildman–Crippen MR) is 186 cm³/mol. The van der Waals surface area contributed by atoms with Crippen molar-refractivity contribution in [3.63, 3.8) is 0 Å². The molecule has 248 valence electrons. The van der Waals surface area contributed by atoms with E-state index in [4.69, 9.17) is 16.2 Å². The van der Waals surface area contributed by atoms with E-state index in [1.165, 1.54) is 43.9 Å². The number of pyridine rings is 2. The van der Waals surface area contributed by atoms with Gasteiger partial charge in [-0.3, -0.25) is 19.5 Å². The average molecular weight is 639 g/mol. The second kappa shape index (κ2) is 15.7. The lowest BCUT2D eigenvalue weighted by Gasteiger charge is -2.15. The SMILES string of the molecule is CCC.CN(C/C=C/C(=O)N1CCC(N=C(N)c2c(Oc3ccc(C(=O)Nc4cc(C5CC5)ccn4)cc3)ccnc2N)C1)C1CC1. The van der Waals surface area contributed by atoms with E-state index in [1.807, 2.05) is 18.2 Å². The van der Waals surface area contributed by atoms with Gasteiger partial charge in [0.05, 0.1) is 6.04 Å². The number of likely N-dealkylation sites (tertiary alicyclic amines) is 1. The number of amides is 2. The van der Waals surface area contributed by atoms with Crippen molar-refractivity contribution in [3.05, 3.63) is 83.7 Å². The summed E-state index contributed by atoms with van der Waals surface area (Å²) in [7, 11) is 2.08. The van der Waals surface area contributed by atoms with Crippen LogP contribution in [0.25, 0.3) is 0 Å². The van der Waals surface area contributed by atoms with Crippen molar-refractivity contribution in [1.82, 2.24) is 19.8 Å². The molecule has 6 rings (SSSR count). The van der Waals surface area contributed by atoms with Crippen LogP contribution in [-0.4, -0.2) is 76.2 Å². The number of hydrogen-bond acceptors (Lipinski definition) is 8. The van der Waals surface area contributed by atoms with E-state index >= 15 is 0 Å². The molecule has 5 N–H and O–H groups in total. The first-order chi connectivity index (χ1) is 22.7. The van der Waals surface area contributed by atoms with Gasteiger partial charge < -0.3 is 26.4 Å². The van der Waals surface area contributed by atoms with Crippen molar-refractivity contribution in [2.75, 3.05) is 37.7 Å². The van der Waals surface area contributed by atoms with Gasteiger partial charge in [0, 0.05) is 55.8 Å². The van der Waals surface area contributed by atoms with Crippen LogP contribution in [0.3, 0.4) is 0 Å². The fourth-order valence-corrected chi connectivity index (χ4v) is 5.38. The van der Waals surface area contributed by atoms with Crippen LogP contribution in [0.4, 0.5) is 11.6 Å². The minimum absolute atomic E-state index is 0.0180. The predicted octanol–water partition coefficient (Wildman–Crippen LogP) is 5.35. The zero-order valence-corrected chi connectivity index (χ0v) is 27.6. The molecule has 3 aliphatic rings. The van der Waals surface area contributed by atoms with E-state index in [0.29, 0.717) is 59.9 Å². The van der Waals surface area contributed by atoms with Gasteiger partial charge in [0.15, 0.2) is 0 Å². The molecule has 47 heavy (non-hydrogen) atoms. The Kier molecular flexibility index (Phi) is 11.2. The lowest BCUT2D eigenvalue weighted by molar-refractivity contribution is -0.125. The Balaban J connectivity index is 0.00000139. The second-order valence-electron chi connectivity index (χ2n) is 12.4. The van der Waals surface area contributed by atoms with Crippen molar-refractivity contribution in [2.24, 2.45) is 10.7 Å². The topological polar surface area (TPSA) is 152 Å². The smallest absolute Gasteiger partial charge is 0.256 e. The molecular weight excluding hydrogens is 592 g/mol. The van der Waals surface area contributed by atoms with E-state index in [-0.39, 0.29) is 29.5 Å². The molecule has 1 saturated heterocycles. The summed E-state index contributed by atoms with van der Waals surface area (Å²) in [5.41, 5.74) is 14.7. The number of anilines is 2. The molecule has 11 heteroatoms. The second-order valence-corrected chi connectivity index (χ2v) is 12.4. The zero-order chi connectivity index (χ0) is 33.3. The van der Waals surface area contributed by atoms with Crippen LogP contribution >= 0.6 is 0 Å². The van der Waals surface area contributed by atoms with Gasteiger partial charge in [-0.2, -0.15) is 0 Å². The van der Waals surface area contributed by atoms with Crippen LogP contribution in [0.2, 0.25) is 0 Å². The van der Waals surface area contributed by atoms with Crippen LogP contribution in [0.5, 0.6) is 11.5 Å². The fraction of sp³-hybridized carbons (Fsp3) is 0.417. The van der Waals surface area contributed by atoms with E-state index in [1.54, 1.807) is 47.5 Å². The molecule has 11 nitrogen and oxygen atoms in total. The van der Waals surface area contributed by atoms with Crippen LogP contribution in [0.15, 0.2) is 72.0 Å². The molecule has 2 saturated carbocycles. The molecule has 1 aromatic carbocycles. The van der Waals surface area contributed by atoms with E-state index in [9.17, 15) is 9.59 Å². The third kappa shape index (κ3) is 9.38. The Morgan fingerprint density at radius 2 is 1.79 bits per heavy atom. The Bertz CT molecular complexity index is 1600. The molecular formula is C36H46N8O3. The molecule has 2 aliphatic carbocycles. The van der Waals surface area contributed by atoms with Gasteiger partial charge in [-0.1, -0.05) is 26.3 Å². The number of hydrogen-bond donors (Lipinski definition) is 3. The molecule has 1 aliphatic heterocycles. The maximum atomic E-state index is 12.8. The summed E-state index contributed by atoms with van der Waals surface area (Å²) in [5, 5.41) is 2.87. The van der Waals surface area contributed by atoms with E-state index < -0.39 is 0 Å². The highest BCUT2D eigenvalue weighted by molar-refractivity contribution is 6.04. The number of nitrogens with two attached hydrogens (primary N) is 2. The summed E-state index contributed by atoms with van der Waals surface area (Å²) in [5.74, 6) is 2.11. The number of benzene rings is 1.